The van der Waals surface area contributed by atoms with Gasteiger partial charge in [0.1, 0.15) is 0 Å². The predicted octanol–water partition coefficient (Wildman–Crippen LogP) is 0.816. The lowest BCUT2D eigenvalue weighted by Gasteiger charge is -2.36. The minimum atomic E-state index is -0.244. The summed E-state index contributed by atoms with van der Waals surface area (Å²) in [6.45, 7) is 3.15. The lowest BCUT2D eigenvalue weighted by Crippen LogP contribution is -2.44. The van der Waals surface area contributed by atoms with E-state index in [2.05, 4.69) is 35.4 Å². The van der Waals surface area contributed by atoms with Crippen molar-refractivity contribution in [3.63, 3.8) is 0 Å². The minimum Gasteiger partial charge on any atom is -0.305 e. The van der Waals surface area contributed by atoms with E-state index in [0.717, 1.165) is 18.7 Å². The van der Waals surface area contributed by atoms with E-state index in [1.165, 1.54) is 19.4 Å². The molecule has 5 nitrogen and oxygen atoms in total. The van der Waals surface area contributed by atoms with E-state index in [9.17, 15) is 4.79 Å². The number of nitrogens with zero attached hydrogens (tertiary/aromatic N) is 2. The number of nitrogens with one attached hydrogen (secondary N) is 1. The molecule has 0 aliphatic carbocycles. The molecule has 3 N–H and O–H groups in total. The normalized spacial score (nSPS) is 20.1. The standard InChI is InChI=1S/C15H24N4O/c1-18-8-4-7-14(11-18)19(2)10-12-5-3-6-13(9-12)15(20)17-16/h3,5-6,9,14H,4,7-8,10-11,16H2,1-2H3,(H,17,20). The molecule has 0 aromatic heterocycles. The Morgan fingerprint density at radius 2 is 2.35 bits per heavy atom. The Bertz CT molecular complexity index is 463. The molecule has 1 unspecified atom stereocenters. The number of nitrogen functional groups attached to an aromatic ring is 1. The van der Waals surface area contributed by atoms with Gasteiger partial charge in [-0.2, -0.15) is 0 Å². The van der Waals surface area contributed by atoms with Crippen molar-refractivity contribution in [1.29, 1.82) is 0 Å². The van der Waals surface area contributed by atoms with Gasteiger partial charge in [0.15, 0.2) is 0 Å². The molecule has 110 valence electrons. The van der Waals surface area contributed by atoms with Gasteiger partial charge in [0.05, 0.1) is 0 Å². The molecule has 1 aromatic rings. The summed E-state index contributed by atoms with van der Waals surface area (Å²) < 4.78 is 0. The quantitative estimate of drug-likeness (QED) is 0.485. The molecule has 1 aromatic carbocycles. The molecule has 1 atom stereocenters. The van der Waals surface area contributed by atoms with Gasteiger partial charge in [-0.1, -0.05) is 12.1 Å². The van der Waals surface area contributed by atoms with Crippen LogP contribution in [0.3, 0.4) is 0 Å². The fourth-order valence-electron chi connectivity index (χ4n) is 2.81. The van der Waals surface area contributed by atoms with Crippen LogP contribution in [-0.4, -0.2) is 48.9 Å². The minimum absolute atomic E-state index is 0.244. The second-order valence-electron chi connectivity index (χ2n) is 5.65. The van der Waals surface area contributed by atoms with Crippen LogP contribution in [0.25, 0.3) is 0 Å². The first-order valence-corrected chi connectivity index (χ1v) is 7.09. The maximum absolute atomic E-state index is 11.5. The van der Waals surface area contributed by atoms with Gasteiger partial charge in [-0.05, 0) is 51.2 Å². The van der Waals surface area contributed by atoms with Gasteiger partial charge in [-0.25, -0.2) is 5.84 Å². The monoisotopic (exact) mass is 276 g/mol. The Kier molecular flexibility index (Phi) is 5.11. The summed E-state index contributed by atoms with van der Waals surface area (Å²) in [5, 5.41) is 0. The molecule has 1 aliphatic rings. The number of hydrogen-bond acceptors (Lipinski definition) is 4. The lowest BCUT2D eigenvalue weighted by atomic mass is 10.0. The highest BCUT2D eigenvalue weighted by molar-refractivity contribution is 5.93. The SMILES string of the molecule is CN1CCCC(N(C)Cc2cccc(C(=O)NN)c2)C1. The third-order valence-electron chi connectivity index (χ3n) is 3.98. The topological polar surface area (TPSA) is 61.6 Å². The van der Waals surface area contributed by atoms with Crippen molar-refractivity contribution >= 4 is 5.91 Å². The van der Waals surface area contributed by atoms with Crippen LogP contribution in [-0.2, 0) is 6.54 Å². The van der Waals surface area contributed by atoms with Crippen LogP contribution in [0.1, 0.15) is 28.8 Å². The fraction of sp³-hybridized carbons (Fsp3) is 0.533. The van der Waals surface area contributed by atoms with E-state index >= 15 is 0 Å². The predicted molar refractivity (Wildman–Crippen MR) is 80.1 cm³/mol. The number of likely N-dealkylation sites (N-methyl/N-ethyl adjacent to an activating group) is 2. The van der Waals surface area contributed by atoms with Crippen LogP contribution in [0.4, 0.5) is 0 Å². The number of carbonyl (C=O) groups is 1. The first-order chi connectivity index (χ1) is 9.60. The molecule has 0 saturated carbocycles. The zero-order valence-corrected chi connectivity index (χ0v) is 12.3. The average molecular weight is 276 g/mol. The van der Waals surface area contributed by atoms with Crippen LogP contribution < -0.4 is 11.3 Å². The molecule has 1 aliphatic heterocycles. The lowest BCUT2D eigenvalue weighted by molar-refractivity contribution is 0.0953. The van der Waals surface area contributed by atoms with Crippen molar-refractivity contribution < 1.29 is 4.79 Å². The highest BCUT2D eigenvalue weighted by atomic mass is 16.2. The second-order valence-corrected chi connectivity index (χ2v) is 5.65. The molecule has 1 heterocycles. The Labute approximate surface area is 120 Å². The number of hydrazine groups is 1. The van der Waals surface area contributed by atoms with E-state index in [-0.39, 0.29) is 5.91 Å². The molecule has 1 fully saturated rings. The molecular weight excluding hydrogens is 252 g/mol. The average Bonchev–Trinajstić information content (AvgIpc) is 2.46. The van der Waals surface area contributed by atoms with Crippen LogP contribution in [0.2, 0.25) is 0 Å². The van der Waals surface area contributed by atoms with E-state index < -0.39 is 0 Å². The summed E-state index contributed by atoms with van der Waals surface area (Å²) >= 11 is 0. The number of benzene rings is 1. The third-order valence-corrected chi connectivity index (χ3v) is 3.98. The van der Waals surface area contributed by atoms with Crippen LogP contribution >= 0.6 is 0 Å². The van der Waals surface area contributed by atoms with Crippen molar-refractivity contribution in [1.82, 2.24) is 15.2 Å². The van der Waals surface area contributed by atoms with Gasteiger partial charge in [0.25, 0.3) is 5.91 Å². The van der Waals surface area contributed by atoms with Gasteiger partial charge < -0.3 is 4.90 Å². The third kappa shape index (κ3) is 3.79. The summed E-state index contributed by atoms with van der Waals surface area (Å²) in [6.07, 6.45) is 2.49. The first-order valence-electron chi connectivity index (χ1n) is 7.09. The molecular formula is C15H24N4O. The van der Waals surface area contributed by atoms with E-state index in [1.54, 1.807) is 6.07 Å². The van der Waals surface area contributed by atoms with Crippen molar-refractivity contribution in [3.8, 4) is 0 Å². The van der Waals surface area contributed by atoms with Crippen LogP contribution in [0, 0.1) is 0 Å². The highest BCUT2D eigenvalue weighted by Crippen LogP contribution is 2.16. The van der Waals surface area contributed by atoms with Gasteiger partial charge in [0, 0.05) is 24.7 Å². The summed E-state index contributed by atoms with van der Waals surface area (Å²) in [5.74, 6) is 4.93. The highest BCUT2D eigenvalue weighted by Gasteiger charge is 2.21. The molecule has 1 amide bonds. The Morgan fingerprint density at radius 1 is 1.55 bits per heavy atom. The smallest absolute Gasteiger partial charge is 0.265 e. The number of amides is 1. The van der Waals surface area contributed by atoms with Gasteiger partial charge in [0.2, 0.25) is 0 Å². The van der Waals surface area contributed by atoms with Gasteiger partial charge in [-0.3, -0.25) is 15.1 Å². The maximum atomic E-state index is 11.5. The summed E-state index contributed by atoms with van der Waals surface area (Å²) in [4.78, 5) is 16.3. The molecule has 0 bridgehead atoms. The van der Waals surface area contributed by atoms with Crippen LogP contribution in [0.15, 0.2) is 24.3 Å². The number of rotatable bonds is 4. The largest absolute Gasteiger partial charge is 0.305 e. The molecule has 0 spiro atoms. The van der Waals surface area contributed by atoms with Crippen molar-refractivity contribution in [2.45, 2.75) is 25.4 Å². The summed E-state index contributed by atoms with van der Waals surface area (Å²) in [6, 6.07) is 8.23. The first kappa shape index (κ1) is 15.0. The Hall–Kier alpha value is -1.43. The van der Waals surface area contributed by atoms with E-state index in [1.807, 2.05) is 12.1 Å². The molecule has 0 radical (unpaired) electrons. The van der Waals surface area contributed by atoms with Crippen LogP contribution in [0.5, 0.6) is 0 Å². The van der Waals surface area contributed by atoms with Crippen molar-refractivity contribution in [2.75, 3.05) is 27.2 Å². The maximum Gasteiger partial charge on any atom is 0.265 e. The number of likely N-dealkylation sites (tertiary alicyclic amines) is 1. The number of carbonyl (C=O) groups excluding carboxylic acids is 1. The molecule has 20 heavy (non-hydrogen) atoms. The molecule has 1 saturated heterocycles. The second kappa shape index (κ2) is 6.83. The van der Waals surface area contributed by atoms with E-state index in [4.69, 9.17) is 5.84 Å². The Balaban J connectivity index is 2.00. The number of nitrogens with two attached hydrogens (primary N) is 1. The van der Waals surface area contributed by atoms with Gasteiger partial charge >= 0.3 is 0 Å². The summed E-state index contributed by atoms with van der Waals surface area (Å²) in [7, 11) is 4.33. The number of hydrogen-bond donors (Lipinski definition) is 2. The Morgan fingerprint density at radius 3 is 3.05 bits per heavy atom. The summed E-state index contributed by atoms with van der Waals surface area (Å²) in [5.41, 5.74) is 3.92. The van der Waals surface area contributed by atoms with Crippen molar-refractivity contribution in [3.05, 3.63) is 35.4 Å². The molecule has 2 rings (SSSR count). The van der Waals surface area contributed by atoms with Gasteiger partial charge in [-0.15, -0.1) is 0 Å². The zero-order chi connectivity index (χ0) is 14.5. The van der Waals surface area contributed by atoms with Crippen molar-refractivity contribution in [2.24, 2.45) is 5.84 Å². The van der Waals surface area contributed by atoms with E-state index in [0.29, 0.717) is 11.6 Å². The number of piperidine rings is 1. The zero-order valence-electron chi connectivity index (χ0n) is 12.3. The molecule has 5 heteroatoms. The fourth-order valence-corrected chi connectivity index (χ4v) is 2.81.